The van der Waals surface area contributed by atoms with Crippen LogP contribution < -0.4 is 15.8 Å². The molecule has 2 N–H and O–H groups in total. The van der Waals surface area contributed by atoms with E-state index in [0.717, 1.165) is 31.2 Å². The number of carbonyl (C=O) groups excluding carboxylic acids is 1. The van der Waals surface area contributed by atoms with Crippen molar-refractivity contribution in [2.24, 2.45) is 0 Å². The first-order valence-corrected chi connectivity index (χ1v) is 12.3. The number of fused-ring (bicyclic) bond motifs is 1. The molecule has 9 nitrogen and oxygen atoms in total. The molecule has 1 aliphatic heterocycles. The van der Waals surface area contributed by atoms with Gasteiger partial charge in [-0.25, -0.2) is 4.98 Å². The molecule has 1 atom stereocenters. The number of carboxylic acid groups (broad SMARTS) is 1. The number of aliphatic carboxylic acids is 1. The van der Waals surface area contributed by atoms with Gasteiger partial charge in [0.2, 0.25) is 11.7 Å². The lowest BCUT2D eigenvalue weighted by molar-refractivity contribution is -0.138. The summed E-state index contributed by atoms with van der Waals surface area (Å²) < 4.78 is 3.54. The van der Waals surface area contributed by atoms with E-state index in [1.807, 2.05) is 21.6 Å². The number of rotatable bonds is 9. The Balaban J connectivity index is 1.82. The van der Waals surface area contributed by atoms with Crippen LogP contribution >= 0.6 is 11.6 Å². The molecule has 0 aliphatic carbocycles. The molecule has 0 unspecified atom stereocenters. The molecule has 1 aliphatic rings. The first-order valence-electron chi connectivity index (χ1n) is 11.9. The van der Waals surface area contributed by atoms with Crippen LogP contribution in [0.1, 0.15) is 46.0 Å². The molecule has 1 aromatic carbocycles. The van der Waals surface area contributed by atoms with Crippen LogP contribution in [0.2, 0.25) is 5.02 Å². The van der Waals surface area contributed by atoms with Crippen molar-refractivity contribution in [3.05, 3.63) is 51.9 Å². The molecule has 2 aromatic heterocycles. The predicted octanol–water partition coefficient (Wildman–Crippen LogP) is 3.57. The minimum absolute atomic E-state index is 0.241. The van der Waals surface area contributed by atoms with Gasteiger partial charge in [-0.1, -0.05) is 43.5 Å². The highest BCUT2D eigenvalue weighted by Crippen LogP contribution is 2.35. The van der Waals surface area contributed by atoms with Crippen LogP contribution in [0.3, 0.4) is 0 Å². The third kappa shape index (κ3) is 4.91. The summed E-state index contributed by atoms with van der Waals surface area (Å²) in [5.74, 6) is -0.336. The normalized spacial score (nSPS) is 17.7. The quantitative estimate of drug-likeness (QED) is 0.436. The molecule has 186 valence electrons. The van der Waals surface area contributed by atoms with Crippen molar-refractivity contribution in [3.8, 4) is 11.3 Å². The summed E-state index contributed by atoms with van der Waals surface area (Å²) in [7, 11) is 0. The summed E-state index contributed by atoms with van der Waals surface area (Å²) in [5, 5.41) is 12.1. The van der Waals surface area contributed by atoms with Gasteiger partial charge in [0.15, 0.2) is 0 Å². The van der Waals surface area contributed by atoms with Crippen molar-refractivity contribution in [3.63, 3.8) is 0 Å². The molecule has 1 saturated heterocycles. The first kappa shape index (κ1) is 24.8. The lowest BCUT2D eigenvalue weighted by Gasteiger charge is -2.36. The minimum atomic E-state index is -1.10. The van der Waals surface area contributed by atoms with Crippen LogP contribution in [0.15, 0.2) is 41.3 Å². The van der Waals surface area contributed by atoms with Crippen LogP contribution in [-0.2, 0) is 16.1 Å². The molecular formula is C25H30ClN5O4. The molecule has 10 heteroatoms. The second-order valence-corrected chi connectivity index (χ2v) is 9.54. The topological polar surface area (TPSA) is 109 Å². The van der Waals surface area contributed by atoms with Gasteiger partial charge >= 0.3 is 5.97 Å². The number of hydrogen-bond acceptors (Lipinski definition) is 5. The maximum absolute atomic E-state index is 13.2. The molecule has 1 fully saturated rings. The number of benzene rings is 1. The minimum Gasteiger partial charge on any atom is -0.480 e. The highest BCUT2D eigenvalue weighted by Gasteiger charge is 2.44. The Morgan fingerprint density at radius 2 is 1.97 bits per heavy atom. The maximum Gasteiger partial charge on any atom is 0.322 e. The first-order chi connectivity index (χ1) is 16.7. The number of hydrogen-bond donors (Lipinski definition) is 2. The molecule has 1 amide bonds. The van der Waals surface area contributed by atoms with Gasteiger partial charge in [0.05, 0.1) is 5.69 Å². The highest BCUT2D eigenvalue weighted by molar-refractivity contribution is 6.30. The summed E-state index contributed by atoms with van der Waals surface area (Å²) in [6, 6.07) is 8.85. The number of anilines is 1. The number of carbonyl (C=O) groups is 2. The zero-order valence-electron chi connectivity index (χ0n) is 20.0. The summed E-state index contributed by atoms with van der Waals surface area (Å²) >= 11 is 6.03. The van der Waals surface area contributed by atoms with Gasteiger partial charge in [-0.2, -0.15) is 0 Å². The number of aromatic nitrogens is 3. The summed E-state index contributed by atoms with van der Waals surface area (Å²) in [5.41, 5.74) is 0.287. The van der Waals surface area contributed by atoms with E-state index >= 15 is 0 Å². The average Bonchev–Trinajstić information content (AvgIpc) is 3.45. The average molecular weight is 500 g/mol. The fourth-order valence-corrected chi connectivity index (χ4v) is 4.84. The van der Waals surface area contributed by atoms with Crippen molar-refractivity contribution in [1.82, 2.24) is 19.3 Å². The molecule has 4 rings (SSSR count). The Morgan fingerprint density at radius 1 is 1.23 bits per heavy atom. The second kappa shape index (κ2) is 10.1. The van der Waals surface area contributed by atoms with Crippen molar-refractivity contribution in [1.29, 1.82) is 0 Å². The number of halogens is 1. The molecule has 0 saturated carbocycles. The number of aryl methyl sites for hydroxylation is 1. The number of amides is 1. The van der Waals surface area contributed by atoms with E-state index in [0.29, 0.717) is 41.8 Å². The second-order valence-electron chi connectivity index (χ2n) is 9.11. The van der Waals surface area contributed by atoms with Crippen molar-refractivity contribution in [2.45, 2.75) is 58.0 Å². The standard InChI is InChI=1S/C25H30ClN5O4/c1-3-4-5-12-29-20(31-13-6-11-25(31,2)23(35)27-15-22(33)34)14-21(32)30-16-19(28-24(29)30)17-7-9-18(26)10-8-17/h7-10,14,16H,3-6,11-13,15H2,1-2H3,(H,27,35)(H,33,34)/t25-/m0/s1. The van der Waals surface area contributed by atoms with Gasteiger partial charge in [-0.3, -0.25) is 23.4 Å². The molecule has 0 spiro atoms. The SMILES string of the molecule is CCCCCn1c(N2CCC[C@@]2(C)C(=O)NCC(=O)O)cc(=O)n2cc(-c3ccc(Cl)cc3)nc12. The Labute approximate surface area is 208 Å². The zero-order chi connectivity index (χ0) is 25.2. The lowest BCUT2D eigenvalue weighted by atomic mass is 9.97. The molecule has 3 heterocycles. The van der Waals surface area contributed by atoms with Crippen molar-refractivity contribution in [2.75, 3.05) is 18.0 Å². The zero-order valence-corrected chi connectivity index (χ0v) is 20.7. The number of nitrogens with zero attached hydrogens (tertiary/aromatic N) is 4. The van der Waals surface area contributed by atoms with Gasteiger partial charge in [0, 0.05) is 35.9 Å². The third-order valence-corrected chi connectivity index (χ3v) is 6.88. The van der Waals surface area contributed by atoms with E-state index in [1.54, 1.807) is 31.3 Å². The predicted molar refractivity (Wildman–Crippen MR) is 135 cm³/mol. The van der Waals surface area contributed by atoms with Crippen LogP contribution in [-0.4, -0.2) is 49.6 Å². The maximum atomic E-state index is 13.2. The smallest absolute Gasteiger partial charge is 0.322 e. The fraction of sp³-hybridized carbons (Fsp3) is 0.440. The number of unbranched alkanes of at least 4 members (excludes halogenated alkanes) is 2. The number of imidazole rings is 1. The van der Waals surface area contributed by atoms with Gasteiger partial charge in [-0.15, -0.1) is 0 Å². The Kier molecular flexibility index (Phi) is 7.16. The number of carboxylic acids is 1. The van der Waals surface area contributed by atoms with Crippen LogP contribution in [0.25, 0.3) is 17.0 Å². The molecule has 0 bridgehead atoms. The lowest BCUT2D eigenvalue weighted by Crippen LogP contribution is -2.55. The monoisotopic (exact) mass is 499 g/mol. The van der Waals surface area contributed by atoms with Crippen LogP contribution in [0.5, 0.6) is 0 Å². The third-order valence-electron chi connectivity index (χ3n) is 6.63. The van der Waals surface area contributed by atoms with Crippen molar-refractivity contribution < 1.29 is 14.7 Å². The van der Waals surface area contributed by atoms with Gasteiger partial charge in [0.25, 0.3) is 5.56 Å². The molecular weight excluding hydrogens is 470 g/mol. The van der Waals surface area contributed by atoms with Gasteiger partial charge in [0.1, 0.15) is 17.9 Å². The summed E-state index contributed by atoms with van der Waals surface area (Å²) in [6.07, 6.45) is 5.96. The van der Waals surface area contributed by atoms with E-state index in [-0.39, 0.29) is 11.5 Å². The molecule has 35 heavy (non-hydrogen) atoms. The largest absolute Gasteiger partial charge is 0.480 e. The summed E-state index contributed by atoms with van der Waals surface area (Å²) in [4.78, 5) is 44.0. The molecule has 3 aromatic rings. The van der Waals surface area contributed by atoms with E-state index in [4.69, 9.17) is 21.7 Å². The van der Waals surface area contributed by atoms with Crippen LogP contribution in [0, 0.1) is 0 Å². The van der Waals surface area contributed by atoms with E-state index in [9.17, 15) is 14.4 Å². The van der Waals surface area contributed by atoms with E-state index < -0.39 is 18.1 Å². The number of nitrogens with one attached hydrogen (secondary N) is 1. The van der Waals surface area contributed by atoms with E-state index in [2.05, 4.69) is 12.2 Å². The van der Waals surface area contributed by atoms with Gasteiger partial charge in [-0.05, 0) is 38.3 Å². The van der Waals surface area contributed by atoms with Crippen molar-refractivity contribution >= 4 is 35.1 Å². The van der Waals surface area contributed by atoms with Gasteiger partial charge < -0.3 is 15.3 Å². The molecule has 0 radical (unpaired) electrons. The Hall–Kier alpha value is -3.33. The fourth-order valence-electron chi connectivity index (χ4n) is 4.71. The highest BCUT2D eigenvalue weighted by atomic mass is 35.5. The van der Waals surface area contributed by atoms with E-state index in [1.165, 1.54) is 4.40 Å². The summed E-state index contributed by atoms with van der Waals surface area (Å²) in [6.45, 7) is 4.68. The Bertz CT molecular complexity index is 1300. The Morgan fingerprint density at radius 3 is 2.66 bits per heavy atom. The van der Waals surface area contributed by atoms with Crippen LogP contribution in [0.4, 0.5) is 5.82 Å².